The fraction of sp³-hybridized carbons (Fsp3) is 0.152. The number of rotatable bonds is 6. The lowest BCUT2D eigenvalue weighted by atomic mass is 9.91. The van der Waals surface area contributed by atoms with Gasteiger partial charge in [0.2, 0.25) is 0 Å². The lowest BCUT2D eigenvalue weighted by Crippen LogP contribution is -2.48. The highest BCUT2D eigenvalue weighted by atomic mass is 32.2. The Kier molecular flexibility index (Phi) is 7.50. The van der Waals surface area contributed by atoms with E-state index in [-0.39, 0.29) is 28.8 Å². The van der Waals surface area contributed by atoms with Crippen LogP contribution in [0.15, 0.2) is 107 Å². The van der Waals surface area contributed by atoms with Crippen molar-refractivity contribution in [3.63, 3.8) is 0 Å². The summed E-state index contributed by atoms with van der Waals surface area (Å²) < 4.78 is 71.5. The largest absolute Gasteiger partial charge is 0.480 e. The highest BCUT2D eigenvalue weighted by Crippen LogP contribution is 2.42. The molecule has 1 aromatic heterocycles. The molecular formula is C33H26F3N3O5S. The number of hydrogen-bond donors (Lipinski definition) is 2. The third kappa shape index (κ3) is 5.36. The van der Waals surface area contributed by atoms with Gasteiger partial charge in [-0.25, -0.2) is 13.2 Å². The van der Waals surface area contributed by atoms with Gasteiger partial charge in [-0.05, 0) is 51.7 Å². The van der Waals surface area contributed by atoms with Crippen molar-refractivity contribution in [2.24, 2.45) is 0 Å². The first-order valence-corrected chi connectivity index (χ1v) is 15.3. The first-order valence-electron chi connectivity index (χ1n) is 13.8. The van der Waals surface area contributed by atoms with E-state index in [0.29, 0.717) is 15.8 Å². The molecule has 1 atom stereocenters. The van der Waals surface area contributed by atoms with E-state index in [1.165, 1.54) is 13.1 Å². The van der Waals surface area contributed by atoms with E-state index >= 15 is 0 Å². The van der Waals surface area contributed by atoms with Gasteiger partial charge < -0.3 is 10.4 Å². The number of nitrogens with zero attached hydrogens (tertiary/aromatic N) is 2. The van der Waals surface area contributed by atoms with Crippen molar-refractivity contribution in [1.82, 2.24) is 8.87 Å². The van der Waals surface area contributed by atoms with E-state index < -0.39 is 50.9 Å². The molecule has 0 saturated carbocycles. The smallest absolute Gasteiger partial charge is 0.416 e. The minimum absolute atomic E-state index is 0.0673. The van der Waals surface area contributed by atoms with Crippen LogP contribution in [0.2, 0.25) is 0 Å². The predicted molar refractivity (Wildman–Crippen MR) is 164 cm³/mol. The molecule has 6 rings (SSSR count). The number of nitrogens with one attached hydrogen (secondary N) is 1. The van der Waals surface area contributed by atoms with Crippen molar-refractivity contribution in [1.29, 1.82) is 0 Å². The van der Waals surface area contributed by atoms with Crippen LogP contribution in [0.3, 0.4) is 0 Å². The van der Waals surface area contributed by atoms with Gasteiger partial charge in [-0.1, -0.05) is 72.8 Å². The summed E-state index contributed by atoms with van der Waals surface area (Å²) in [5, 5.41) is 14.2. The summed E-state index contributed by atoms with van der Waals surface area (Å²) in [6, 6.07) is 23.9. The molecule has 8 nitrogen and oxygen atoms in total. The van der Waals surface area contributed by atoms with Crippen LogP contribution >= 0.6 is 0 Å². The third-order valence-corrected chi connectivity index (χ3v) is 9.78. The number of sulfonamides is 1. The molecule has 0 bridgehead atoms. The minimum Gasteiger partial charge on any atom is -0.480 e. The Labute approximate surface area is 256 Å². The number of benzene rings is 4. The Hall–Kier alpha value is -4.94. The zero-order valence-corrected chi connectivity index (χ0v) is 24.6. The average molecular weight is 634 g/mol. The van der Waals surface area contributed by atoms with Crippen LogP contribution in [0.4, 0.5) is 24.5 Å². The summed E-state index contributed by atoms with van der Waals surface area (Å²) in [4.78, 5) is 26.9. The number of carboxylic acid groups (broad SMARTS) is 1. The number of aliphatic carboxylic acids is 1. The van der Waals surface area contributed by atoms with Crippen LogP contribution in [0.25, 0.3) is 21.9 Å². The van der Waals surface area contributed by atoms with Gasteiger partial charge in [0.05, 0.1) is 5.56 Å². The molecule has 1 aliphatic rings. The minimum atomic E-state index is -4.76. The van der Waals surface area contributed by atoms with Crippen LogP contribution in [-0.4, -0.2) is 42.0 Å². The second-order valence-corrected chi connectivity index (χ2v) is 12.7. The molecule has 5 aromatic rings. The van der Waals surface area contributed by atoms with Crippen LogP contribution in [0, 0.1) is 0 Å². The molecule has 4 aromatic carbocycles. The van der Waals surface area contributed by atoms with E-state index in [4.69, 9.17) is 0 Å². The Morgan fingerprint density at radius 2 is 1.62 bits per heavy atom. The second kappa shape index (κ2) is 11.2. The molecule has 0 radical (unpaired) electrons. The number of carboxylic acids is 1. The molecule has 2 heterocycles. The normalized spacial score (nSPS) is 16.3. The molecule has 12 heteroatoms. The van der Waals surface area contributed by atoms with Gasteiger partial charge in [-0.3, -0.25) is 9.36 Å². The highest BCUT2D eigenvalue weighted by Gasteiger charge is 2.43. The molecule has 0 saturated heterocycles. The van der Waals surface area contributed by atoms with E-state index in [1.807, 2.05) is 30.3 Å². The average Bonchev–Trinajstić information content (AvgIpc) is 3.01. The van der Waals surface area contributed by atoms with Gasteiger partial charge in [0, 0.05) is 31.3 Å². The number of alkyl halides is 3. The number of aromatic nitrogens is 1. The number of carbonyl (C=O) groups is 1. The van der Waals surface area contributed by atoms with Gasteiger partial charge >= 0.3 is 12.1 Å². The summed E-state index contributed by atoms with van der Waals surface area (Å²) in [5.41, 5.74) is -1.21. The molecule has 2 N–H and O–H groups in total. The van der Waals surface area contributed by atoms with Gasteiger partial charge in [-0.15, -0.1) is 0 Å². The fourth-order valence-electron chi connectivity index (χ4n) is 5.77. The standard InChI is InChI=1S/C33H26F3N3O5S/c1-38-19-27(32(41)42)39-30(40)29(37-24-14-3-2-4-15-24)26(18-21-11-7-10-20-9-5-6-16-25(20)21)28(31(39)45(38,43)44)22-12-8-13-23(17-22)33(34,35)36/h2-17,27,37H,18-19H2,1H3,(H,41,42). The molecule has 0 amide bonds. The molecule has 230 valence electrons. The Morgan fingerprint density at radius 1 is 0.956 bits per heavy atom. The number of anilines is 2. The second-order valence-electron chi connectivity index (χ2n) is 10.7. The number of hydrogen-bond acceptors (Lipinski definition) is 5. The maximum absolute atomic E-state index is 14.4. The highest BCUT2D eigenvalue weighted by molar-refractivity contribution is 7.89. The van der Waals surface area contributed by atoms with Gasteiger partial charge in [0.15, 0.2) is 5.03 Å². The van der Waals surface area contributed by atoms with Gasteiger partial charge in [0.25, 0.3) is 15.6 Å². The fourth-order valence-corrected chi connectivity index (χ4v) is 7.36. The molecular weight excluding hydrogens is 607 g/mol. The maximum atomic E-state index is 14.4. The number of fused-ring (bicyclic) bond motifs is 2. The molecule has 0 fully saturated rings. The number of para-hydroxylation sites is 1. The first kappa shape index (κ1) is 30.1. The third-order valence-electron chi connectivity index (χ3n) is 7.92. The zero-order valence-electron chi connectivity index (χ0n) is 23.7. The summed E-state index contributed by atoms with van der Waals surface area (Å²) >= 11 is 0. The number of likely N-dealkylation sites (N-methyl/N-ethyl adjacent to an activating group) is 1. The van der Waals surface area contributed by atoms with Crippen LogP contribution in [0.5, 0.6) is 0 Å². The first-order chi connectivity index (χ1) is 21.4. The molecule has 0 spiro atoms. The van der Waals surface area contributed by atoms with Crippen molar-refractivity contribution < 1.29 is 31.5 Å². The summed E-state index contributed by atoms with van der Waals surface area (Å²) in [6.07, 6.45) is -4.83. The van der Waals surface area contributed by atoms with E-state index in [0.717, 1.165) is 33.3 Å². The van der Waals surface area contributed by atoms with Crippen LogP contribution < -0.4 is 10.9 Å². The predicted octanol–water partition coefficient (Wildman–Crippen LogP) is 6.28. The molecule has 45 heavy (non-hydrogen) atoms. The van der Waals surface area contributed by atoms with Crippen molar-refractivity contribution in [3.8, 4) is 11.1 Å². The summed E-state index contributed by atoms with van der Waals surface area (Å²) in [6.45, 7) is -0.556. The van der Waals surface area contributed by atoms with Crippen molar-refractivity contribution in [3.05, 3.63) is 124 Å². The summed E-state index contributed by atoms with van der Waals surface area (Å²) in [5.74, 6) is -1.47. The molecule has 0 aliphatic carbocycles. The van der Waals surface area contributed by atoms with Gasteiger partial charge in [0.1, 0.15) is 11.7 Å². The molecule has 1 aliphatic heterocycles. The van der Waals surface area contributed by atoms with Crippen molar-refractivity contribution >= 4 is 38.1 Å². The Balaban J connectivity index is 1.79. The van der Waals surface area contributed by atoms with E-state index in [2.05, 4.69) is 5.32 Å². The molecule has 1 unspecified atom stereocenters. The monoisotopic (exact) mass is 633 g/mol. The number of halogens is 3. The lowest BCUT2D eigenvalue weighted by molar-refractivity contribution is -0.141. The zero-order chi connectivity index (χ0) is 32.1. The topological polar surface area (TPSA) is 109 Å². The Bertz CT molecular complexity index is 2120. The van der Waals surface area contributed by atoms with Crippen LogP contribution in [-0.2, 0) is 27.4 Å². The number of pyridine rings is 1. The van der Waals surface area contributed by atoms with Gasteiger partial charge in [-0.2, -0.15) is 17.5 Å². The van der Waals surface area contributed by atoms with E-state index in [9.17, 15) is 36.3 Å². The SMILES string of the molecule is CN1CC(C(=O)O)n2c(c(-c3cccc(C(F)(F)F)c3)c(Cc3cccc4ccccc34)c(Nc3ccccc3)c2=O)S1(=O)=O. The Morgan fingerprint density at radius 3 is 2.33 bits per heavy atom. The lowest BCUT2D eigenvalue weighted by Gasteiger charge is -2.34. The van der Waals surface area contributed by atoms with Crippen LogP contribution in [0.1, 0.15) is 22.7 Å². The maximum Gasteiger partial charge on any atom is 0.416 e. The van der Waals surface area contributed by atoms with E-state index in [1.54, 1.807) is 42.5 Å². The van der Waals surface area contributed by atoms with Crippen molar-refractivity contribution in [2.75, 3.05) is 18.9 Å². The quantitative estimate of drug-likeness (QED) is 0.228. The van der Waals surface area contributed by atoms with Crippen molar-refractivity contribution in [2.45, 2.75) is 23.7 Å². The summed E-state index contributed by atoms with van der Waals surface area (Å²) in [7, 11) is -3.38.